The largest absolute Gasteiger partial charge is 0.468 e. The Labute approximate surface area is 122 Å². The van der Waals surface area contributed by atoms with Crippen LogP contribution in [0, 0.1) is 0 Å². The molecule has 0 saturated heterocycles. The Balaban J connectivity index is 3.00. The second kappa shape index (κ2) is 7.35. The summed E-state index contributed by atoms with van der Waals surface area (Å²) < 4.78 is 52.1. The molecule has 1 aromatic carbocycles. The molecule has 0 aliphatic rings. The maximum Gasteiger partial charge on any atom is 0.341 e. The fourth-order valence-electron chi connectivity index (χ4n) is 1.74. The molecule has 5 nitrogen and oxygen atoms in total. The van der Waals surface area contributed by atoms with Crippen LogP contribution in [-0.4, -0.2) is 40.3 Å². The third-order valence-electron chi connectivity index (χ3n) is 2.81. The summed E-state index contributed by atoms with van der Waals surface area (Å²) in [4.78, 5) is 12.6. The lowest BCUT2D eigenvalue weighted by molar-refractivity contribution is -0.138. The van der Waals surface area contributed by atoms with Crippen molar-refractivity contribution in [1.29, 1.82) is 0 Å². The molecule has 0 saturated carbocycles. The first-order valence-corrected chi connectivity index (χ1v) is 7.81. The van der Waals surface area contributed by atoms with E-state index in [1.165, 1.54) is 19.2 Å². The molecule has 0 N–H and O–H groups in total. The molecule has 0 aromatic heterocycles. The van der Waals surface area contributed by atoms with Crippen LogP contribution in [0.2, 0.25) is 0 Å². The second-order valence-electron chi connectivity index (χ2n) is 4.30. The van der Waals surface area contributed by atoms with Gasteiger partial charge in [-0.15, -0.1) is 0 Å². The van der Waals surface area contributed by atoms with Crippen LogP contribution in [0.5, 0.6) is 0 Å². The molecule has 0 atom stereocenters. The number of hydrogen-bond acceptors (Lipinski definition) is 5. The van der Waals surface area contributed by atoms with E-state index >= 15 is 0 Å². The van der Waals surface area contributed by atoms with Crippen molar-refractivity contribution in [2.45, 2.75) is 24.0 Å². The number of halogens is 2. The third-order valence-corrected chi connectivity index (χ3v) is 4.20. The summed E-state index contributed by atoms with van der Waals surface area (Å²) in [6.45, 7) is 2.47. The van der Waals surface area contributed by atoms with E-state index in [-0.39, 0.29) is 6.54 Å². The average molecular weight is 321 g/mol. The van der Waals surface area contributed by atoms with Crippen molar-refractivity contribution < 1.29 is 26.7 Å². The van der Waals surface area contributed by atoms with Gasteiger partial charge in [-0.1, -0.05) is 6.92 Å². The molecule has 1 rings (SSSR count). The van der Waals surface area contributed by atoms with Gasteiger partial charge in [-0.25, -0.2) is 8.42 Å². The van der Waals surface area contributed by atoms with Gasteiger partial charge < -0.3 is 9.64 Å². The highest BCUT2D eigenvalue weighted by molar-refractivity contribution is 7.91. The van der Waals surface area contributed by atoms with E-state index in [4.69, 9.17) is 0 Å². The molecular formula is C13H17F2NO4S. The van der Waals surface area contributed by atoms with Crippen molar-refractivity contribution in [2.75, 3.05) is 25.1 Å². The number of anilines is 1. The second-order valence-corrected chi connectivity index (χ2v) is 6.22. The topological polar surface area (TPSA) is 63.7 Å². The first-order valence-electron chi connectivity index (χ1n) is 6.26. The Morgan fingerprint density at radius 1 is 1.29 bits per heavy atom. The zero-order valence-corrected chi connectivity index (χ0v) is 12.6. The number of carbonyl (C=O) groups excluding carboxylic acids is 1. The minimum absolute atomic E-state index is 0.00524. The number of ether oxygens (including phenoxy) is 1. The van der Waals surface area contributed by atoms with E-state index in [9.17, 15) is 22.0 Å². The van der Waals surface area contributed by atoms with Gasteiger partial charge >= 0.3 is 11.7 Å². The molecule has 0 unspecified atom stereocenters. The minimum Gasteiger partial charge on any atom is -0.468 e. The molecule has 0 heterocycles. The zero-order chi connectivity index (χ0) is 16.0. The molecule has 0 amide bonds. The average Bonchev–Trinajstić information content (AvgIpc) is 2.46. The monoisotopic (exact) mass is 321 g/mol. The number of esters is 1. The Bertz CT molecular complexity index is 572. The molecule has 0 aliphatic carbocycles. The number of alkyl halides is 2. The van der Waals surface area contributed by atoms with Crippen LogP contribution in [0.3, 0.4) is 0 Å². The number of nitrogens with zero attached hydrogens (tertiary/aromatic N) is 1. The van der Waals surface area contributed by atoms with Gasteiger partial charge in [0, 0.05) is 12.2 Å². The van der Waals surface area contributed by atoms with Crippen molar-refractivity contribution in [3.05, 3.63) is 24.3 Å². The number of hydrogen-bond donors (Lipinski definition) is 0. The lowest BCUT2D eigenvalue weighted by atomic mass is 10.2. The van der Waals surface area contributed by atoms with E-state index in [2.05, 4.69) is 4.74 Å². The molecule has 0 fully saturated rings. The summed E-state index contributed by atoms with van der Waals surface area (Å²) >= 11 is 0. The number of sulfone groups is 1. The van der Waals surface area contributed by atoms with Gasteiger partial charge in [0.25, 0.3) is 0 Å². The lowest BCUT2D eigenvalue weighted by Gasteiger charge is -2.23. The van der Waals surface area contributed by atoms with Gasteiger partial charge in [0.1, 0.15) is 6.54 Å². The predicted molar refractivity (Wildman–Crippen MR) is 74.2 cm³/mol. The maximum atomic E-state index is 12.4. The van der Waals surface area contributed by atoms with Crippen LogP contribution in [0.4, 0.5) is 14.5 Å². The van der Waals surface area contributed by atoms with Crippen LogP contribution >= 0.6 is 0 Å². The number of methoxy groups -OCH3 is 1. The quantitative estimate of drug-likeness (QED) is 0.720. The fourth-order valence-corrected chi connectivity index (χ4v) is 2.46. The molecule has 0 aliphatic heterocycles. The molecule has 0 bridgehead atoms. The summed E-state index contributed by atoms with van der Waals surface area (Å²) in [5, 5.41) is 0. The van der Waals surface area contributed by atoms with Crippen molar-refractivity contribution in [3.63, 3.8) is 0 Å². The summed E-state index contributed by atoms with van der Waals surface area (Å²) in [7, 11) is -3.33. The van der Waals surface area contributed by atoms with E-state index in [0.717, 1.165) is 18.6 Å². The fraction of sp³-hybridized carbons (Fsp3) is 0.462. The van der Waals surface area contributed by atoms with Crippen LogP contribution < -0.4 is 4.90 Å². The van der Waals surface area contributed by atoms with E-state index in [1.54, 1.807) is 4.90 Å². The summed E-state index contributed by atoms with van der Waals surface area (Å²) in [6.07, 6.45) is 0.758. The van der Waals surface area contributed by atoms with Crippen LogP contribution in [0.15, 0.2) is 29.2 Å². The SMILES string of the molecule is CCCN(CC(=O)OC)c1ccc(S(=O)(=O)C(F)F)cc1. The highest BCUT2D eigenvalue weighted by atomic mass is 32.2. The molecule has 8 heteroatoms. The van der Waals surface area contributed by atoms with Crippen LogP contribution in [-0.2, 0) is 19.4 Å². The normalized spacial score (nSPS) is 11.5. The first-order chi connectivity index (χ1) is 9.82. The van der Waals surface area contributed by atoms with Gasteiger partial charge in [-0.3, -0.25) is 4.79 Å². The van der Waals surface area contributed by atoms with Crippen molar-refractivity contribution in [1.82, 2.24) is 0 Å². The Morgan fingerprint density at radius 2 is 1.86 bits per heavy atom. The Hall–Kier alpha value is -1.70. The maximum absolute atomic E-state index is 12.4. The highest BCUT2D eigenvalue weighted by Crippen LogP contribution is 2.22. The first kappa shape index (κ1) is 17.4. The third kappa shape index (κ3) is 4.38. The van der Waals surface area contributed by atoms with Gasteiger partial charge in [0.15, 0.2) is 0 Å². The Morgan fingerprint density at radius 3 is 2.29 bits per heavy atom. The van der Waals surface area contributed by atoms with Gasteiger partial charge in [-0.05, 0) is 30.7 Å². The standard InChI is InChI=1S/C13H17F2NO4S/c1-3-8-16(9-12(17)20-2)10-4-6-11(7-5-10)21(18,19)13(14)15/h4-7,13H,3,8-9H2,1-2H3. The predicted octanol–water partition coefficient (Wildman–Crippen LogP) is 2.07. The van der Waals surface area contributed by atoms with Crippen LogP contribution in [0.25, 0.3) is 0 Å². The van der Waals surface area contributed by atoms with Crippen molar-refractivity contribution in [3.8, 4) is 0 Å². The number of rotatable bonds is 7. The molecular weight excluding hydrogens is 304 g/mol. The van der Waals surface area contributed by atoms with Crippen molar-refractivity contribution >= 4 is 21.5 Å². The molecule has 1 aromatic rings. The smallest absolute Gasteiger partial charge is 0.341 e. The van der Waals surface area contributed by atoms with Gasteiger partial charge in [0.05, 0.1) is 12.0 Å². The molecule has 0 radical (unpaired) electrons. The lowest BCUT2D eigenvalue weighted by Crippen LogP contribution is -2.31. The zero-order valence-electron chi connectivity index (χ0n) is 11.8. The van der Waals surface area contributed by atoms with Crippen LogP contribution in [0.1, 0.15) is 13.3 Å². The van der Waals surface area contributed by atoms with E-state index in [0.29, 0.717) is 12.2 Å². The number of benzene rings is 1. The minimum atomic E-state index is -4.60. The summed E-state index contributed by atoms with van der Waals surface area (Å²) in [5.74, 6) is -3.89. The summed E-state index contributed by atoms with van der Waals surface area (Å²) in [6, 6.07) is 5.01. The molecule has 21 heavy (non-hydrogen) atoms. The van der Waals surface area contributed by atoms with E-state index in [1.807, 2.05) is 6.92 Å². The molecule has 0 spiro atoms. The summed E-state index contributed by atoms with van der Waals surface area (Å²) in [5.41, 5.74) is 0.565. The molecule has 118 valence electrons. The van der Waals surface area contributed by atoms with Gasteiger partial charge in [0.2, 0.25) is 9.84 Å². The number of carbonyl (C=O) groups is 1. The van der Waals surface area contributed by atoms with Gasteiger partial charge in [-0.2, -0.15) is 8.78 Å². The van der Waals surface area contributed by atoms with E-state index < -0.39 is 26.5 Å². The Kier molecular flexibility index (Phi) is 6.07. The highest BCUT2D eigenvalue weighted by Gasteiger charge is 2.26. The van der Waals surface area contributed by atoms with Crippen molar-refractivity contribution in [2.24, 2.45) is 0 Å².